The van der Waals surface area contributed by atoms with Crippen molar-refractivity contribution in [3.05, 3.63) is 24.0 Å². The summed E-state index contributed by atoms with van der Waals surface area (Å²) in [5.74, 6) is -0.109. The highest BCUT2D eigenvalue weighted by Gasteiger charge is 2.22. The molecule has 0 aliphatic carbocycles. The largest absolute Gasteiger partial charge is 0.388 e. The summed E-state index contributed by atoms with van der Waals surface area (Å²) in [4.78, 5) is 12.3. The minimum atomic E-state index is -0.845. The lowest BCUT2D eigenvalue weighted by Crippen LogP contribution is -2.41. The van der Waals surface area contributed by atoms with Crippen LogP contribution in [-0.2, 0) is 0 Å². The van der Waals surface area contributed by atoms with E-state index in [9.17, 15) is 9.90 Å². The molecule has 0 radical (unpaired) electrons. The molecule has 0 spiro atoms. The maximum atomic E-state index is 12.3. The second-order valence-corrected chi connectivity index (χ2v) is 5.82. The highest BCUT2D eigenvalue weighted by atomic mass is 16.3. The lowest BCUT2D eigenvalue weighted by atomic mass is 10.0. The molecule has 112 valence electrons. The molecule has 1 aromatic rings. The van der Waals surface area contributed by atoms with Crippen molar-refractivity contribution < 1.29 is 9.90 Å². The van der Waals surface area contributed by atoms with Gasteiger partial charge in [0.15, 0.2) is 0 Å². The van der Waals surface area contributed by atoms with Gasteiger partial charge < -0.3 is 20.3 Å². The first-order valence-electron chi connectivity index (χ1n) is 7.41. The van der Waals surface area contributed by atoms with E-state index in [2.05, 4.69) is 15.2 Å². The number of rotatable bonds is 5. The maximum absolute atomic E-state index is 12.3. The van der Waals surface area contributed by atoms with E-state index in [4.69, 9.17) is 0 Å². The number of nitrogens with one attached hydrogen (secondary N) is 2. The van der Waals surface area contributed by atoms with Crippen molar-refractivity contribution in [1.82, 2.24) is 15.2 Å². The average Bonchev–Trinajstić information content (AvgIpc) is 2.95. The van der Waals surface area contributed by atoms with Crippen LogP contribution >= 0.6 is 0 Å². The summed E-state index contributed by atoms with van der Waals surface area (Å²) in [7, 11) is 0. The van der Waals surface area contributed by atoms with Crippen LogP contribution < -0.4 is 10.6 Å². The van der Waals surface area contributed by atoms with Gasteiger partial charge >= 0.3 is 0 Å². The summed E-state index contributed by atoms with van der Waals surface area (Å²) in [6.07, 6.45) is 4.68. The normalized spacial score (nSPS) is 19.6. The van der Waals surface area contributed by atoms with Crippen molar-refractivity contribution in [3.63, 3.8) is 0 Å². The molecule has 0 bridgehead atoms. The smallest absolute Gasteiger partial charge is 0.268 e. The van der Waals surface area contributed by atoms with Gasteiger partial charge in [0.1, 0.15) is 5.69 Å². The fraction of sp³-hybridized carbons (Fsp3) is 0.667. The third kappa shape index (κ3) is 3.61. The molecule has 5 heteroatoms. The van der Waals surface area contributed by atoms with E-state index in [0.29, 0.717) is 18.2 Å². The Morgan fingerprint density at radius 2 is 2.25 bits per heavy atom. The van der Waals surface area contributed by atoms with Crippen LogP contribution in [0.5, 0.6) is 0 Å². The number of aromatic nitrogens is 1. The summed E-state index contributed by atoms with van der Waals surface area (Å²) < 4.78 is 2.07. The standard InChI is InChI=1S/C15H25N3O2/c1-3-15(2,20)11-17-14(19)13-5-4-10-18(13)12-6-8-16-9-7-12/h4-5,10,12,16,20H,3,6-9,11H2,1-2H3,(H,17,19). The number of nitrogens with zero attached hydrogens (tertiary/aromatic N) is 1. The monoisotopic (exact) mass is 279 g/mol. The first kappa shape index (κ1) is 15.1. The number of carbonyl (C=O) groups excluding carboxylic acids is 1. The van der Waals surface area contributed by atoms with Gasteiger partial charge in [-0.3, -0.25) is 4.79 Å². The molecule has 2 heterocycles. The zero-order valence-electron chi connectivity index (χ0n) is 12.4. The van der Waals surface area contributed by atoms with Crippen LogP contribution in [0.15, 0.2) is 18.3 Å². The summed E-state index contributed by atoms with van der Waals surface area (Å²) >= 11 is 0. The Morgan fingerprint density at radius 3 is 2.90 bits per heavy atom. The molecule has 1 amide bonds. The Bertz CT molecular complexity index is 448. The van der Waals surface area contributed by atoms with Gasteiger partial charge in [-0.1, -0.05) is 6.92 Å². The predicted molar refractivity (Wildman–Crippen MR) is 78.8 cm³/mol. The summed E-state index contributed by atoms with van der Waals surface area (Å²) in [5, 5.41) is 16.1. The zero-order chi connectivity index (χ0) is 14.6. The fourth-order valence-corrected chi connectivity index (χ4v) is 2.48. The lowest BCUT2D eigenvalue weighted by molar-refractivity contribution is 0.0515. The summed E-state index contributed by atoms with van der Waals surface area (Å²) in [6.45, 7) is 5.91. The number of hydrogen-bond donors (Lipinski definition) is 3. The predicted octanol–water partition coefficient (Wildman–Crippen LogP) is 1.30. The second-order valence-electron chi connectivity index (χ2n) is 5.82. The quantitative estimate of drug-likeness (QED) is 0.761. The molecule has 2 rings (SSSR count). The van der Waals surface area contributed by atoms with Crippen LogP contribution in [0.25, 0.3) is 0 Å². The first-order chi connectivity index (χ1) is 9.53. The molecule has 1 atom stereocenters. The molecule has 1 aliphatic rings. The molecule has 1 fully saturated rings. The van der Waals surface area contributed by atoms with Crippen LogP contribution in [0, 0.1) is 0 Å². The first-order valence-corrected chi connectivity index (χ1v) is 7.41. The highest BCUT2D eigenvalue weighted by molar-refractivity contribution is 5.92. The molecule has 0 saturated carbocycles. The van der Waals surface area contributed by atoms with Crippen molar-refractivity contribution >= 4 is 5.91 Å². The SMILES string of the molecule is CCC(C)(O)CNC(=O)c1cccn1C1CCNCC1. The van der Waals surface area contributed by atoms with Gasteiger partial charge in [-0.2, -0.15) is 0 Å². The Hall–Kier alpha value is -1.33. The zero-order valence-corrected chi connectivity index (χ0v) is 12.4. The van der Waals surface area contributed by atoms with Crippen molar-refractivity contribution in [2.24, 2.45) is 0 Å². The van der Waals surface area contributed by atoms with Gasteiger partial charge in [0.25, 0.3) is 5.91 Å². The summed E-state index contributed by atoms with van der Waals surface area (Å²) in [5.41, 5.74) is -0.161. The minimum absolute atomic E-state index is 0.109. The molecule has 1 unspecified atom stereocenters. The third-order valence-electron chi connectivity index (χ3n) is 4.11. The van der Waals surface area contributed by atoms with Crippen LogP contribution in [0.3, 0.4) is 0 Å². The Balaban J connectivity index is 2.01. The fourth-order valence-electron chi connectivity index (χ4n) is 2.48. The second kappa shape index (κ2) is 6.41. The molecule has 1 aromatic heterocycles. The number of amides is 1. The van der Waals surface area contributed by atoms with Gasteiger partial charge in [0.2, 0.25) is 0 Å². The molecule has 5 nitrogen and oxygen atoms in total. The van der Waals surface area contributed by atoms with Gasteiger partial charge in [0, 0.05) is 18.8 Å². The van der Waals surface area contributed by atoms with E-state index in [-0.39, 0.29) is 12.5 Å². The van der Waals surface area contributed by atoms with Crippen LogP contribution in [0.2, 0.25) is 0 Å². The molecule has 20 heavy (non-hydrogen) atoms. The van der Waals surface area contributed by atoms with E-state index in [1.165, 1.54) is 0 Å². The number of piperidine rings is 1. The van der Waals surface area contributed by atoms with Crippen LogP contribution in [0.4, 0.5) is 0 Å². The average molecular weight is 279 g/mol. The van der Waals surface area contributed by atoms with Crippen molar-refractivity contribution in [2.75, 3.05) is 19.6 Å². The lowest BCUT2D eigenvalue weighted by Gasteiger charge is -2.26. The Kier molecular flexibility index (Phi) is 4.83. The molecule has 1 aliphatic heterocycles. The molecule has 1 saturated heterocycles. The number of aliphatic hydroxyl groups is 1. The number of hydrogen-bond acceptors (Lipinski definition) is 3. The van der Waals surface area contributed by atoms with Gasteiger partial charge in [0.05, 0.1) is 5.60 Å². The maximum Gasteiger partial charge on any atom is 0.268 e. The van der Waals surface area contributed by atoms with E-state index in [1.54, 1.807) is 6.92 Å². The highest BCUT2D eigenvalue weighted by Crippen LogP contribution is 2.21. The van der Waals surface area contributed by atoms with Gasteiger partial charge in [-0.25, -0.2) is 0 Å². The van der Waals surface area contributed by atoms with E-state index >= 15 is 0 Å². The number of carbonyl (C=O) groups is 1. The van der Waals surface area contributed by atoms with Crippen molar-refractivity contribution in [1.29, 1.82) is 0 Å². The Labute approximate surface area is 120 Å². The Morgan fingerprint density at radius 1 is 1.55 bits per heavy atom. The molecular formula is C15H25N3O2. The minimum Gasteiger partial charge on any atom is -0.388 e. The van der Waals surface area contributed by atoms with Crippen LogP contribution in [-0.4, -0.2) is 40.8 Å². The summed E-state index contributed by atoms with van der Waals surface area (Å²) in [6, 6.07) is 4.14. The van der Waals surface area contributed by atoms with E-state index in [0.717, 1.165) is 25.9 Å². The topological polar surface area (TPSA) is 66.3 Å². The van der Waals surface area contributed by atoms with Gasteiger partial charge in [-0.15, -0.1) is 0 Å². The molecule has 3 N–H and O–H groups in total. The van der Waals surface area contributed by atoms with Crippen molar-refractivity contribution in [3.8, 4) is 0 Å². The van der Waals surface area contributed by atoms with E-state index in [1.807, 2.05) is 25.3 Å². The van der Waals surface area contributed by atoms with E-state index < -0.39 is 5.60 Å². The molecule has 0 aromatic carbocycles. The molecular weight excluding hydrogens is 254 g/mol. The van der Waals surface area contributed by atoms with Crippen molar-refractivity contribution in [2.45, 2.75) is 44.8 Å². The van der Waals surface area contributed by atoms with Gasteiger partial charge in [-0.05, 0) is 51.4 Å². The third-order valence-corrected chi connectivity index (χ3v) is 4.11. The van der Waals surface area contributed by atoms with Crippen LogP contribution in [0.1, 0.15) is 49.6 Å².